The first kappa shape index (κ1) is 15.4. The minimum atomic E-state index is -0.660. The van der Waals surface area contributed by atoms with E-state index >= 15 is 0 Å². The summed E-state index contributed by atoms with van der Waals surface area (Å²) in [6.07, 6.45) is 4.31. The van der Waals surface area contributed by atoms with Crippen LogP contribution in [0.25, 0.3) is 0 Å². The van der Waals surface area contributed by atoms with Gasteiger partial charge in [-0.3, -0.25) is 9.59 Å². The minimum absolute atomic E-state index is 0.0100. The predicted octanol–water partition coefficient (Wildman–Crippen LogP) is 1.92. The van der Waals surface area contributed by atoms with Crippen LogP contribution in [0.1, 0.15) is 18.9 Å². The van der Waals surface area contributed by atoms with E-state index in [0.29, 0.717) is 19.7 Å². The van der Waals surface area contributed by atoms with Crippen LogP contribution in [0.2, 0.25) is 0 Å². The SMILES string of the molecule is CCCOC(=O)[C@@H]1[C@H]2C(=O)N(Cc3ccccc3)C[C@]23C=C[C@H]1O3. The standard InChI is InChI=1S/C19H21NO4/c1-2-10-23-18(22)15-14-8-9-19(24-14)12-20(17(21)16(15)19)11-13-6-4-3-5-7-13/h3-9,14-16H,2,10-12H2,1H3/t14-,15+,16+,19-/m1/s1. The Morgan fingerprint density at radius 1 is 1.38 bits per heavy atom. The minimum Gasteiger partial charge on any atom is -0.465 e. The van der Waals surface area contributed by atoms with Crippen molar-refractivity contribution in [3.05, 3.63) is 48.0 Å². The topological polar surface area (TPSA) is 55.8 Å². The molecule has 0 N–H and O–H groups in total. The summed E-state index contributed by atoms with van der Waals surface area (Å²) in [5, 5.41) is 0. The molecular weight excluding hydrogens is 306 g/mol. The molecule has 4 rings (SSSR count). The van der Waals surface area contributed by atoms with Gasteiger partial charge in [0, 0.05) is 6.54 Å². The van der Waals surface area contributed by atoms with Crippen molar-refractivity contribution in [3.63, 3.8) is 0 Å². The highest BCUT2D eigenvalue weighted by molar-refractivity contribution is 5.91. The van der Waals surface area contributed by atoms with Gasteiger partial charge >= 0.3 is 5.97 Å². The van der Waals surface area contributed by atoms with E-state index in [-0.39, 0.29) is 18.0 Å². The van der Waals surface area contributed by atoms with Crippen molar-refractivity contribution in [1.29, 1.82) is 0 Å². The second-order valence-electron chi connectivity index (χ2n) is 6.75. The van der Waals surface area contributed by atoms with E-state index in [4.69, 9.17) is 9.47 Å². The third kappa shape index (κ3) is 2.26. The van der Waals surface area contributed by atoms with E-state index in [0.717, 1.165) is 12.0 Å². The zero-order chi connectivity index (χ0) is 16.7. The van der Waals surface area contributed by atoms with Crippen LogP contribution >= 0.6 is 0 Å². The van der Waals surface area contributed by atoms with E-state index in [1.165, 1.54) is 0 Å². The number of hydrogen-bond donors (Lipinski definition) is 0. The first-order valence-electron chi connectivity index (χ1n) is 8.51. The number of hydrogen-bond acceptors (Lipinski definition) is 4. The molecule has 126 valence electrons. The molecule has 5 heteroatoms. The molecule has 1 aromatic carbocycles. The molecule has 2 saturated heterocycles. The normalized spacial score (nSPS) is 33.1. The van der Waals surface area contributed by atoms with Crippen molar-refractivity contribution in [2.24, 2.45) is 11.8 Å². The van der Waals surface area contributed by atoms with Gasteiger partial charge in [0.1, 0.15) is 11.5 Å². The number of carbonyl (C=O) groups is 2. The van der Waals surface area contributed by atoms with Crippen molar-refractivity contribution in [1.82, 2.24) is 4.90 Å². The number of carbonyl (C=O) groups excluding carboxylic acids is 2. The van der Waals surface area contributed by atoms with Crippen LogP contribution in [0.15, 0.2) is 42.5 Å². The number of rotatable bonds is 5. The summed E-state index contributed by atoms with van der Waals surface area (Å²) in [6.45, 7) is 3.37. The smallest absolute Gasteiger partial charge is 0.312 e. The number of fused-ring (bicyclic) bond motifs is 1. The lowest BCUT2D eigenvalue weighted by Gasteiger charge is -2.22. The summed E-state index contributed by atoms with van der Waals surface area (Å²) in [4.78, 5) is 27.2. The summed E-state index contributed by atoms with van der Waals surface area (Å²) in [5.41, 5.74) is 0.415. The predicted molar refractivity (Wildman–Crippen MR) is 86.8 cm³/mol. The largest absolute Gasteiger partial charge is 0.465 e. The molecule has 0 saturated carbocycles. The van der Waals surface area contributed by atoms with Gasteiger partial charge in [0.05, 0.1) is 25.2 Å². The molecule has 2 fully saturated rings. The van der Waals surface area contributed by atoms with Crippen molar-refractivity contribution in [2.75, 3.05) is 13.2 Å². The van der Waals surface area contributed by atoms with E-state index in [9.17, 15) is 9.59 Å². The number of amides is 1. The first-order valence-corrected chi connectivity index (χ1v) is 8.51. The number of esters is 1. The van der Waals surface area contributed by atoms with E-state index in [1.807, 2.05) is 49.4 Å². The average molecular weight is 327 g/mol. The van der Waals surface area contributed by atoms with Crippen molar-refractivity contribution in [3.8, 4) is 0 Å². The Bertz CT molecular complexity index is 686. The summed E-state index contributed by atoms with van der Waals surface area (Å²) in [7, 11) is 0. The van der Waals surface area contributed by atoms with Crippen LogP contribution in [0.5, 0.6) is 0 Å². The fourth-order valence-corrected chi connectivity index (χ4v) is 4.08. The Morgan fingerprint density at radius 3 is 2.92 bits per heavy atom. The Hall–Kier alpha value is -2.14. The molecule has 0 aliphatic carbocycles. The third-order valence-electron chi connectivity index (χ3n) is 5.12. The first-order chi connectivity index (χ1) is 11.6. The second-order valence-corrected chi connectivity index (χ2v) is 6.75. The van der Waals surface area contributed by atoms with Gasteiger partial charge in [0.2, 0.25) is 5.91 Å². The molecule has 1 aromatic rings. The molecular formula is C19H21NO4. The van der Waals surface area contributed by atoms with Crippen LogP contribution in [-0.4, -0.2) is 41.6 Å². The van der Waals surface area contributed by atoms with Gasteiger partial charge < -0.3 is 14.4 Å². The molecule has 24 heavy (non-hydrogen) atoms. The number of likely N-dealkylation sites (tertiary alicyclic amines) is 1. The molecule has 5 nitrogen and oxygen atoms in total. The van der Waals surface area contributed by atoms with E-state index in [1.54, 1.807) is 4.90 Å². The Morgan fingerprint density at radius 2 is 2.17 bits per heavy atom. The van der Waals surface area contributed by atoms with Crippen molar-refractivity contribution >= 4 is 11.9 Å². The van der Waals surface area contributed by atoms with E-state index in [2.05, 4.69) is 0 Å². The monoisotopic (exact) mass is 327 g/mol. The maximum Gasteiger partial charge on any atom is 0.312 e. The summed E-state index contributed by atoms with van der Waals surface area (Å²) >= 11 is 0. The van der Waals surface area contributed by atoms with Gasteiger partial charge in [-0.25, -0.2) is 0 Å². The molecule has 0 aromatic heterocycles. The molecule has 3 aliphatic heterocycles. The van der Waals surface area contributed by atoms with E-state index < -0.39 is 17.4 Å². The molecule has 0 radical (unpaired) electrons. The molecule has 3 aliphatic rings. The molecule has 1 spiro atoms. The van der Waals surface area contributed by atoms with Gasteiger partial charge in [0.15, 0.2) is 0 Å². The third-order valence-corrected chi connectivity index (χ3v) is 5.12. The van der Waals surface area contributed by atoms with Gasteiger partial charge in [-0.15, -0.1) is 0 Å². The zero-order valence-corrected chi connectivity index (χ0v) is 13.7. The highest BCUT2D eigenvalue weighted by atomic mass is 16.6. The molecule has 4 atom stereocenters. The average Bonchev–Trinajstić information content (AvgIpc) is 3.22. The van der Waals surface area contributed by atoms with Crippen LogP contribution in [0.4, 0.5) is 0 Å². The lowest BCUT2D eigenvalue weighted by Crippen LogP contribution is -2.40. The Kier molecular flexibility index (Phi) is 3.68. The lowest BCUT2D eigenvalue weighted by atomic mass is 9.77. The maximum atomic E-state index is 13.0. The fourth-order valence-electron chi connectivity index (χ4n) is 4.08. The van der Waals surface area contributed by atoms with Gasteiger partial charge in [-0.1, -0.05) is 49.4 Å². The zero-order valence-electron chi connectivity index (χ0n) is 13.7. The number of benzene rings is 1. The van der Waals surface area contributed by atoms with Gasteiger partial charge in [-0.05, 0) is 12.0 Å². The van der Waals surface area contributed by atoms with Crippen molar-refractivity contribution < 1.29 is 19.1 Å². The molecule has 1 amide bonds. The molecule has 3 heterocycles. The maximum absolute atomic E-state index is 13.0. The number of ether oxygens (including phenoxy) is 2. The Labute approximate surface area is 141 Å². The van der Waals surface area contributed by atoms with Crippen molar-refractivity contribution in [2.45, 2.75) is 31.6 Å². The highest BCUT2D eigenvalue weighted by Gasteiger charge is 2.67. The quantitative estimate of drug-likeness (QED) is 0.612. The van der Waals surface area contributed by atoms with Crippen LogP contribution in [0, 0.1) is 11.8 Å². The van der Waals surface area contributed by atoms with Gasteiger partial charge in [0.25, 0.3) is 0 Å². The summed E-state index contributed by atoms with van der Waals surface area (Å²) < 4.78 is 11.4. The summed E-state index contributed by atoms with van der Waals surface area (Å²) in [6, 6.07) is 9.88. The lowest BCUT2D eigenvalue weighted by molar-refractivity contribution is -0.153. The Balaban J connectivity index is 1.56. The second kappa shape index (κ2) is 5.74. The van der Waals surface area contributed by atoms with Crippen LogP contribution < -0.4 is 0 Å². The highest BCUT2D eigenvalue weighted by Crippen LogP contribution is 2.52. The molecule has 0 unspecified atom stereocenters. The van der Waals surface area contributed by atoms with Crippen LogP contribution in [0.3, 0.4) is 0 Å². The fraction of sp³-hybridized carbons (Fsp3) is 0.474. The summed E-state index contributed by atoms with van der Waals surface area (Å²) in [5.74, 6) is -1.30. The van der Waals surface area contributed by atoms with Gasteiger partial charge in [-0.2, -0.15) is 0 Å². The number of nitrogens with zero attached hydrogens (tertiary/aromatic N) is 1. The van der Waals surface area contributed by atoms with Crippen LogP contribution in [-0.2, 0) is 25.6 Å². The molecule has 2 bridgehead atoms.